The van der Waals surface area contributed by atoms with Crippen LogP contribution in [0.25, 0.3) is 5.57 Å². The Balaban J connectivity index is 2.66. The number of alkyl halides is 2. The van der Waals surface area contributed by atoms with E-state index in [0.29, 0.717) is 6.92 Å². The topological polar surface area (TPSA) is 0 Å². The van der Waals surface area contributed by atoms with Gasteiger partial charge in [-0.05, 0) is 24.6 Å². The molecule has 0 nitrogen and oxygen atoms in total. The molecule has 0 radical (unpaired) electrons. The van der Waals surface area contributed by atoms with Crippen molar-refractivity contribution in [3.8, 4) is 0 Å². The summed E-state index contributed by atoms with van der Waals surface area (Å²) in [6.07, 6.45) is -3.00. The highest BCUT2D eigenvalue weighted by Gasteiger charge is 2.50. The molecule has 0 amide bonds. The summed E-state index contributed by atoms with van der Waals surface area (Å²) < 4.78 is 67.9. The summed E-state index contributed by atoms with van der Waals surface area (Å²) in [6.45, 7) is 0.523. The van der Waals surface area contributed by atoms with Gasteiger partial charge in [-0.2, -0.15) is 0 Å². The van der Waals surface area contributed by atoms with Gasteiger partial charge in [0.15, 0.2) is 29.3 Å². The first-order valence-corrected chi connectivity index (χ1v) is 5.69. The summed E-state index contributed by atoms with van der Waals surface area (Å²) in [5.74, 6) is -5.36. The molecule has 1 aliphatic rings. The molecular weight excluding hydrogens is 287 g/mol. The van der Waals surface area contributed by atoms with Crippen molar-refractivity contribution >= 4 is 17.2 Å². The van der Waals surface area contributed by atoms with Crippen LogP contribution in [0.1, 0.15) is 12.5 Å². The van der Waals surface area contributed by atoms with Crippen molar-refractivity contribution in [1.29, 1.82) is 0 Å². The molecule has 2 rings (SSSR count). The maximum absolute atomic E-state index is 13.9. The van der Waals surface area contributed by atoms with Gasteiger partial charge in [0.05, 0.1) is 5.57 Å². The zero-order valence-corrected chi connectivity index (χ0v) is 10.4. The van der Waals surface area contributed by atoms with Gasteiger partial charge in [0.25, 0.3) is 0 Å². The Morgan fingerprint density at radius 2 is 1.63 bits per heavy atom. The van der Waals surface area contributed by atoms with Gasteiger partial charge in [-0.3, -0.25) is 0 Å². The third-order valence-electron chi connectivity index (χ3n) is 2.91. The molecule has 0 aliphatic heterocycles. The average molecular weight is 295 g/mol. The van der Waals surface area contributed by atoms with E-state index in [1.807, 2.05) is 0 Å². The Hall–Kier alpha value is -1.36. The molecule has 0 N–H and O–H groups in total. The maximum atomic E-state index is 13.9. The molecule has 0 heterocycles. The molecule has 0 fully saturated rings. The molecule has 0 bridgehead atoms. The van der Waals surface area contributed by atoms with Gasteiger partial charge in [-0.15, -0.1) is 0 Å². The van der Waals surface area contributed by atoms with E-state index in [2.05, 4.69) is 0 Å². The molecule has 2 atom stereocenters. The Morgan fingerprint density at radius 3 is 2.16 bits per heavy atom. The van der Waals surface area contributed by atoms with Gasteiger partial charge in [0.2, 0.25) is 0 Å². The third-order valence-corrected chi connectivity index (χ3v) is 3.16. The molecule has 6 heteroatoms. The zero-order chi connectivity index (χ0) is 14.4. The van der Waals surface area contributed by atoms with Crippen molar-refractivity contribution < 1.29 is 22.0 Å². The van der Waals surface area contributed by atoms with E-state index >= 15 is 0 Å². The second-order valence-corrected chi connectivity index (χ2v) is 4.73. The maximum Gasteiger partial charge on any atom is 0.197 e. The molecule has 0 saturated carbocycles. The van der Waals surface area contributed by atoms with Crippen molar-refractivity contribution in [3.63, 3.8) is 0 Å². The Bertz CT molecular complexity index is 571. The van der Waals surface area contributed by atoms with Gasteiger partial charge >= 0.3 is 0 Å². The first-order chi connectivity index (χ1) is 8.76. The van der Waals surface area contributed by atoms with Crippen LogP contribution in [0.2, 0.25) is 5.02 Å². The van der Waals surface area contributed by atoms with Gasteiger partial charge in [0, 0.05) is 5.02 Å². The predicted octanol–water partition coefficient (Wildman–Crippen LogP) is 5.25. The first kappa shape index (κ1) is 14.1. The highest BCUT2D eigenvalue weighted by Crippen LogP contribution is 2.47. The van der Waals surface area contributed by atoms with Crippen LogP contribution in [0.3, 0.4) is 0 Å². The van der Waals surface area contributed by atoms with Gasteiger partial charge < -0.3 is 0 Å². The number of hydrogen-bond acceptors (Lipinski definition) is 0. The van der Waals surface area contributed by atoms with Gasteiger partial charge in [-0.1, -0.05) is 23.7 Å². The molecule has 102 valence electrons. The monoisotopic (exact) mass is 294 g/mol. The van der Waals surface area contributed by atoms with E-state index in [4.69, 9.17) is 11.6 Å². The smallest absolute Gasteiger partial charge is 0.197 e. The zero-order valence-electron chi connectivity index (χ0n) is 9.65. The lowest BCUT2D eigenvalue weighted by Gasteiger charge is -2.28. The third kappa shape index (κ3) is 2.16. The second-order valence-electron chi connectivity index (χ2n) is 4.30. The van der Waals surface area contributed by atoms with Crippen LogP contribution in [0.15, 0.2) is 41.7 Å². The highest BCUT2D eigenvalue weighted by molar-refractivity contribution is 6.30. The molecule has 19 heavy (non-hydrogen) atoms. The van der Waals surface area contributed by atoms with Crippen molar-refractivity contribution in [2.45, 2.75) is 18.8 Å². The van der Waals surface area contributed by atoms with E-state index < -0.39 is 34.9 Å². The minimum Gasteiger partial charge on any atom is -0.236 e. The van der Waals surface area contributed by atoms with Crippen LogP contribution in [0.5, 0.6) is 0 Å². The van der Waals surface area contributed by atoms with Crippen LogP contribution < -0.4 is 0 Å². The quantitative estimate of drug-likeness (QED) is 0.620. The Morgan fingerprint density at radius 1 is 1.11 bits per heavy atom. The first-order valence-electron chi connectivity index (χ1n) is 5.31. The van der Waals surface area contributed by atoms with Crippen LogP contribution in [-0.2, 0) is 0 Å². The fraction of sp³-hybridized carbons (Fsp3) is 0.231. The highest BCUT2D eigenvalue weighted by atomic mass is 35.5. The number of allylic oxidation sites excluding steroid dienone is 4. The summed E-state index contributed by atoms with van der Waals surface area (Å²) in [4.78, 5) is 0. The number of benzene rings is 1. The number of hydrogen-bond donors (Lipinski definition) is 0. The molecular formula is C13H8ClF5. The lowest BCUT2D eigenvalue weighted by atomic mass is 9.87. The Kier molecular flexibility index (Phi) is 3.43. The normalized spacial score (nSPS) is 28.1. The van der Waals surface area contributed by atoms with Crippen LogP contribution >= 0.6 is 11.6 Å². The van der Waals surface area contributed by atoms with Gasteiger partial charge in [-0.25, -0.2) is 22.0 Å². The average Bonchev–Trinajstić information content (AvgIpc) is 2.37. The summed E-state index contributed by atoms with van der Waals surface area (Å²) in [7, 11) is 0. The minimum atomic E-state index is -3.24. The fourth-order valence-corrected chi connectivity index (χ4v) is 1.92. The van der Waals surface area contributed by atoms with Crippen LogP contribution in [0, 0.1) is 0 Å². The Labute approximate surface area is 111 Å². The van der Waals surface area contributed by atoms with Crippen molar-refractivity contribution in [1.82, 2.24) is 0 Å². The lowest BCUT2D eigenvalue weighted by molar-refractivity contribution is 0.0815. The van der Waals surface area contributed by atoms with E-state index in [-0.39, 0.29) is 10.6 Å². The lowest BCUT2D eigenvalue weighted by Crippen LogP contribution is -2.36. The van der Waals surface area contributed by atoms with Crippen molar-refractivity contribution in [2.24, 2.45) is 0 Å². The molecule has 0 saturated heterocycles. The molecule has 1 aromatic carbocycles. The fourth-order valence-electron chi connectivity index (χ4n) is 1.79. The molecule has 1 aromatic rings. The van der Waals surface area contributed by atoms with Crippen LogP contribution in [-0.4, -0.2) is 11.8 Å². The summed E-state index contributed by atoms with van der Waals surface area (Å²) in [5.41, 5.74) is -4.28. The SMILES string of the molecule is CC1(F)C(F)=C(c2ccc(Cl)cc2)C(F)=C(F)C1F. The molecule has 0 spiro atoms. The molecule has 0 aromatic heterocycles. The van der Waals surface area contributed by atoms with Crippen LogP contribution in [0.4, 0.5) is 22.0 Å². The predicted molar refractivity (Wildman–Crippen MR) is 63.1 cm³/mol. The van der Waals surface area contributed by atoms with Crippen molar-refractivity contribution in [2.75, 3.05) is 0 Å². The number of rotatable bonds is 1. The standard InChI is InChI=1S/C13H8ClF5/c1-13(19)11(17)8(9(15)10(16)12(13)18)6-2-4-7(14)5-3-6/h2-5,12H,1H3. The molecule has 1 aliphatic carbocycles. The summed E-state index contributed by atoms with van der Waals surface area (Å²) >= 11 is 5.61. The van der Waals surface area contributed by atoms with Crippen molar-refractivity contribution in [3.05, 3.63) is 52.3 Å². The number of halogens is 6. The molecule has 2 unspecified atom stereocenters. The van der Waals surface area contributed by atoms with E-state index in [0.717, 1.165) is 0 Å². The van der Waals surface area contributed by atoms with E-state index in [1.165, 1.54) is 24.3 Å². The van der Waals surface area contributed by atoms with E-state index in [9.17, 15) is 22.0 Å². The summed E-state index contributed by atoms with van der Waals surface area (Å²) in [6, 6.07) is 5.00. The van der Waals surface area contributed by atoms with E-state index in [1.54, 1.807) is 0 Å². The summed E-state index contributed by atoms with van der Waals surface area (Å²) in [5, 5.41) is 0.289. The van der Waals surface area contributed by atoms with Gasteiger partial charge in [0.1, 0.15) is 0 Å². The largest absolute Gasteiger partial charge is 0.236 e. The minimum absolute atomic E-state index is 0.120. The second kappa shape index (κ2) is 4.63.